The van der Waals surface area contributed by atoms with Gasteiger partial charge in [-0.25, -0.2) is 13.4 Å². The van der Waals surface area contributed by atoms with Crippen molar-refractivity contribution < 1.29 is 8.42 Å². The van der Waals surface area contributed by atoms with Crippen LogP contribution in [0.4, 0.5) is 5.69 Å². The highest BCUT2D eigenvalue weighted by Crippen LogP contribution is 2.21. The van der Waals surface area contributed by atoms with Crippen molar-refractivity contribution in [2.24, 2.45) is 5.92 Å². The van der Waals surface area contributed by atoms with Gasteiger partial charge >= 0.3 is 0 Å². The van der Waals surface area contributed by atoms with Gasteiger partial charge in [-0.05, 0) is 25.5 Å². The molecule has 6 nitrogen and oxygen atoms in total. The molecule has 0 radical (unpaired) electrons. The fourth-order valence-electron chi connectivity index (χ4n) is 1.66. The van der Waals surface area contributed by atoms with Crippen molar-refractivity contribution in [1.82, 2.24) is 9.29 Å². The van der Waals surface area contributed by atoms with E-state index >= 15 is 0 Å². The van der Waals surface area contributed by atoms with Crippen LogP contribution in [0.3, 0.4) is 0 Å². The van der Waals surface area contributed by atoms with Crippen molar-refractivity contribution in [2.75, 3.05) is 25.5 Å². The van der Waals surface area contributed by atoms with Gasteiger partial charge in [0, 0.05) is 26.3 Å². The number of pyridine rings is 1. The second kappa shape index (κ2) is 7.22. The van der Waals surface area contributed by atoms with Crippen molar-refractivity contribution in [2.45, 2.75) is 25.3 Å². The topological polar surface area (TPSA) is 86.1 Å². The zero-order valence-electron chi connectivity index (χ0n) is 12.0. The van der Waals surface area contributed by atoms with Crippen LogP contribution in [0.1, 0.15) is 20.3 Å². The Morgan fingerprint density at radius 3 is 2.85 bits per heavy atom. The predicted molar refractivity (Wildman–Crippen MR) is 77.6 cm³/mol. The molecule has 0 aromatic carbocycles. The van der Waals surface area contributed by atoms with E-state index in [1.807, 2.05) is 13.0 Å². The summed E-state index contributed by atoms with van der Waals surface area (Å²) in [7, 11) is -2.24. The predicted octanol–water partition coefficient (Wildman–Crippen LogP) is 1.68. The number of hydrogen-bond acceptors (Lipinski definition) is 5. The molecule has 0 aliphatic carbocycles. The first-order valence-electron chi connectivity index (χ1n) is 6.48. The van der Waals surface area contributed by atoms with E-state index in [-0.39, 0.29) is 17.5 Å². The summed E-state index contributed by atoms with van der Waals surface area (Å²) in [5.74, 6) is -0.370. The SMILES string of the molecule is CCCNc1cccnc1S(=O)(=O)N(C)CC(C)C#N. The van der Waals surface area contributed by atoms with Gasteiger partial charge in [-0.15, -0.1) is 0 Å². The van der Waals surface area contributed by atoms with Gasteiger partial charge in [-0.3, -0.25) is 0 Å². The highest BCUT2D eigenvalue weighted by atomic mass is 32.2. The van der Waals surface area contributed by atoms with Crippen LogP contribution >= 0.6 is 0 Å². The first-order valence-corrected chi connectivity index (χ1v) is 7.92. The minimum absolute atomic E-state index is 0.00101. The standard InChI is InChI=1S/C13H20N4O2S/c1-4-7-15-12-6-5-8-16-13(12)20(18,19)17(3)10-11(2)9-14/h5-6,8,11,15H,4,7,10H2,1-3H3. The number of sulfonamides is 1. The number of anilines is 1. The molecule has 1 rings (SSSR count). The molecule has 7 heteroatoms. The van der Waals surface area contributed by atoms with E-state index in [2.05, 4.69) is 10.3 Å². The quantitative estimate of drug-likeness (QED) is 0.827. The molecule has 20 heavy (non-hydrogen) atoms. The lowest BCUT2D eigenvalue weighted by Crippen LogP contribution is -2.32. The Morgan fingerprint density at radius 1 is 1.55 bits per heavy atom. The van der Waals surface area contributed by atoms with Gasteiger partial charge in [0.1, 0.15) is 0 Å². The van der Waals surface area contributed by atoms with Gasteiger partial charge in [-0.2, -0.15) is 9.57 Å². The smallest absolute Gasteiger partial charge is 0.262 e. The first-order chi connectivity index (χ1) is 9.43. The van der Waals surface area contributed by atoms with Gasteiger partial charge in [0.2, 0.25) is 0 Å². The summed E-state index contributed by atoms with van der Waals surface area (Å²) in [4.78, 5) is 3.98. The molecular formula is C13H20N4O2S. The molecule has 1 aromatic rings. The van der Waals surface area contributed by atoms with Crippen LogP contribution in [-0.2, 0) is 10.0 Å². The van der Waals surface area contributed by atoms with E-state index in [0.717, 1.165) is 6.42 Å². The second-order valence-corrected chi connectivity index (χ2v) is 6.56. The number of nitrogens with zero attached hydrogens (tertiary/aromatic N) is 3. The third-order valence-corrected chi connectivity index (χ3v) is 4.53. The minimum Gasteiger partial charge on any atom is -0.383 e. The Kier molecular flexibility index (Phi) is 5.92. The summed E-state index contributed by atoms with van der Waals surface area (Å²) >= 11 is 0. The van der Waals surface area contributed by atoms with E-state index < -0.39 is 10.0 Å². The van der Waals surface area contributed by atoms with Crippen LogP contribution in [0, 0.1) is 17.2 Å². The van der Waals surface area contributed by atoms with E-state index in [9.17, 15) is 8.42 Å². The van der Waals surface area contributed by atoms with Crippen LogP contribution in [-0.4, -0.2) is 37.8 Å². The van der Waals surface area contributed by atoms with E-state index in [1.165, 1.54) is 17.5 Å². The van der Waals surface area contributed by atoms with Gasteiger partial charge in [0.25, 0.3) is 10.0 Å². The summed E-state index contributed by atoms with van der Waals surface area (Å²) in [6.45, 7) is 4.49. The van der Waals surface area contributed by atoms with Crippen LogP contribution in [0.5, 0.6) is 0 Å². The number of rotatable bonds is 7. The largest absolute Gasteiger partial charge is 0.383 e. The highest BCUT2D eigenvalue weighted by molar-refractivity contribution is 7.89. The minimum atomic E-state index is -3.70. The summed E-state index contributed by atoms with van der Waals surface area (Å²) in [5.41, 5.74) is 0.491. The lowest BCUT2D eigenvalue weighted by Gasteiger charge is -2.19. The Labute approximate surface area is 120 Å². The average Bonchev–Trinajstić information content (AvgIpc) is 2.45. The maximum atomic E-state index is 12.5. The van der Waals surface area contributed by atoms with Crippen molar-refractivity contribution in [3.8, 4) is 6.07 Å². The van der Waals surface area contributed by atoms with Crippen molar-refractivity contribution in [3.05, 3.63) is 18.3 Å². The summed E-state index contributed by atoms with van der Waals surface area (Å²) in [5, 5.41) is 11.9. The molecule has 1 heterocycles. The molecular weight excluding hydrogens is 276 g/mol. The van der Waals surface area contributed by atoms with Gasteiger partial charge in [-0.1, -0.05) is 6.92 Å². The lowest BCUT2D eigenvalue weighted by atomic mass is 10.2. The lowest BCUT2D eigenvalue weighted by molar-refractivity contribution is 0.437. The third kappa shape index (κ3) is 3.92. The highest BCUT2D eigenvalue weighted by Gasteiger charge is 2.26. The zero-order chi connectivity index (χ0) is 15.2. The molecule has 1 unspecified atom stereocenters. The average molecular weight is 296 g/mol. The van der Waals surface area contributed by atoms with E-state index in [4.69, 9.17) is 5.26 Å². The number of nitriles is 1. The second-order valence-electron chi connectivity index (χ2n) is 4.60. The fraction of sp³-hybridized carbons (Fsp3) is 0.538. The zero-order valence-corrected chi connectivity index (χ0v) is 12.8. The summed E-state index contributed by atoms with van der Waals surface area (Å²) in [6, 6.07) is 5.41. The van der Waals surface area contributed by atoms with Crippen LogP contribution < -0.4 is 5.32 Å². The fourth-order valence-corrected chi connectivity index (χ4v) is 2.99. The molecule has 0 spiro atoms. The number of hydrogen-bond donors (Lipinski definition) is 1. The van der Waals surface area contributed by atoms with Crippen LogP contribution in [0.15, 0.2) is 23.4 Å². The van der Waals surface area contributed by atoms with Gasteiger partial charge in [0.15, 0.2) is 5.03 Å². The Morgan fingerprint density at radius 2 is 2.25 bits per heavy atom. The van der Waals surface area contributed by atoms with E-state index in [1.54, 1.807) is 19.1 Å². The Balaban J connectivity index is 3.06. The van der Waals surface area contributed by atoms with Crippen molar-refractivity contribution >= 4 is 15.7 Å². The summed E-state index contributed by atoms with van der Waals surface area (Å²) in [6.07, 6.45) is 2.33. The normalized spacial score (nSPS) is 12.9. The summed E-state index contributed by atoms with van der Waals surface area (Å²) < 4.78 is 26.1. The third-order valence-electron chi connectivity index (χ3n) is 2.74. The molecule has 0 aliphatic heterocycles. The Bertz CT molecular complexity index is 580. The molecule has 1 aromatic heterocycles. The molecule has 0 saturated carbocycles. The molecule has 1 N–H and O–H groups in total. The van der Waals surface area contributed by atoms with Crippen molar-refractivity contribution in [1.29, 1.82) is 5.26 Å². The van der Waals surface area contributed by atoms with Crippen molar-refractivity contribution in [3.63, 3.8) is 0 Å². The Hall–Kier alpha value is -1.65. The molecule has 0 amide bonds. The molecule has 0 aliphatic rings. The maximum absolute atomic E-state index is 12.5. The van der Waals surface area contributed by atoms with Gasteiger partial charge in [0.05, 0.1) is 17.7 Å². The van der Waals surface area contributed by atoms with Crippen LogP contribution in [0.2, 0.25) is 0 Å². The molecule has 1 atom stereocenters. The molecule has 0 fully saturated rings. The monoisotopic (exact) mass is 296 g/mol. The van der Waals surface area contributed by atoms with E-state index in [0.29, 0.717) is 12.2 Å². The number of nitrogens with one attached hydrogen (secondary N) is 1. The molecule has 0 saturated heterocycles. The molecule has 110 valence electrons. The maximum Gasteiger partial charge on any atom is 0.262 e. The van der Waals surface area contributed by atoms with Gasteiger partial charge < -0.3 is 5.32 Å². The molecule has 0 bridgehead atoms. The first kappa shape index (κ1) is 16.4. The van der Waals surface area contributed by atoms with Crippen LogP contribution in [0.25, 0.3) is 0 Å². The number of aromatic nitrogens is 1.